The molecule has 0 aliphatic carbocycles. The van der Waals surface area contributed by atoms with Crippen molar-refractivity contribution >= 4 is 28.5 Å². The second-order valence-corrected chi connectivity index (χ2v) is 7.46. The summed E-state index contributed by atoms with van der Waals surface area (Å²) in [7, 11) is 3.24. The normalized spacial score (nSPS) is 15.5. The number of amides is 1. The van der Waals surface area contributed by atoms with Gasteiger partial charge >= 0.3 is 0 Å². The molecule has 1 amide bonds. The molecule has 27 heavy (non-hydrogen) atoms. The van der Waals surface area contributed by atoms with Gasteiger partial charge in [0.2, 0.25) is 5.91 Å². The monoisotopic (exact) mass is 384 g/mol. The fourth-order valence-electron chi connectivity index (χ4n) is 3.10. The highest BCUT2D eigenvalue weighted by atomic mass is 32.2. The lowest BCUT2D eigenvalue weighted by Crippen LogP contribution is -2.31. The first-order valence-corrected chi connectivity index (χ1v) is 9.80. The maximum absolute atomic E-state index is 12.3. The lowest BCUT2D eigenvalue weighted by atomic mass is 10.1. The summed E-state index contributed by atoms with van der Waals surface area (Å²) in [5.41, 5.74) is 4.31. The molecule has 6 heteroatoms. The number of aryl methyl sites for hydroxylation is 2. The Hall–Kier alpha value is -2.47. The number of ether oxygens (including phenoxy) is 2. The van der Waals surface area contributed by atoms with E-state index in [1.807, 2.05) is 30.3 Å². The molecule has 0 aromatic heterocycles. The van der Waals surface area contributed by atoms with Crippen LogP contribution in [-0.2, 0) is 11.2 Å². The van der Waals surface area contributed by atoms with Gasteiger partial charge in [-0.2, -0.15) is 0 Å². The average Bonchev–Trinajstić information content (AvgIpc) is 2.98. The molecule has 0 unspecified atom stereocenters. The average molecular weight is 385 g/mol. The van der Waals surface area contributed by atoms with Gasteiger partial charge in [-0.25, -0.2) is 4.99 Å². The van der Waals surface area contributed by atoms with Gasteiger partial charge in [-0.1, -0.05) is 23.9 Å². The van der Waals surface area contributed by atoms with Gasteiger partial charge in [-0.05, 0) is 61.2 Å². The number of aliphatic imine (C=N–C) groups is 1. The standard InChI is InChI=1S/C21H24N2O3S/c1-14-9-15(2)11-17(10-14)22-21-23(20(24)13-27-21)8-7-16-5-6-18(25-3)19(12-16)26-4/h5-6,9-12H,7-8,13H2,1-4H3. The Kier molecular flexibility index (Phi) is 6.06. The van der Waals surface area contributed by atoms with Gasteiger partial charge in [-0.3, -0.25) is 9.69 Å². The van der Waals surface area contributed by atoms with Crippen LogP contribution in [0.3, 0.4) is 0 Å². The van der Waals surface area contributed by atoms with Gasteiger partial charge in [0.25, 0.3) is 0 Å². The number of thioether (sulfide) groups is 1. The highest BCUT2D eigenvalue weighted by Gasteiger charge is 2.28. The molecule has 3 rings (SSSR count). The molecule has 0 spiro atoms. The highest BCUT2D eigenvalue weighted by molar-refractivity contribution is 8.15. The van der Waals surface area contributed by atoms with Gasteiger partial charge in [0.15, 0.2) is 16.7 Å². The van der Waals surface area contributed by atoms with Gasteiger partial charge < -0.3 is 9.47 Å². The quantitative estimate of drug-likeness (QED) is 0.752. The van der Waals surface area contributed by atoms with Crippen LogP contribution in [-0.4, -0.2) is 42.5 Å². The van der Waals surface area contributed by atoms with Gasteiger partial charge in [-0.15, -0.1) is 0 Å². The van der Waals surface area contributed by atoms with Crippen molar-refractivity contribution in [2.45, 2.75) is 20.3 Å². The van der Waals surface area contributed by atoms with Crippen LogP contribution >= 0.6 is 11.8 Å². The summed E-state index contributed by atoms with van der Waals surface area (Å²) in [6, 6.07) is 12.0. The molecule has 1 saturated heterocycles. The van der Waals surface area contributed by atoms with Crippen molar-refractivity contribution in [2.75, 3.05) is 26.5 Å². The molecular formula is C21H24N2O3S. The van der Waals surface area contributed by atoms with Crippen LogP contribution in [0.1, 0.15) is 16.7 Å². The summed E-state index contributed by atoms with van der Waals surface area (Å²) < 4.78 is 10.6. The molecule has 0 N–H and O–H groups in total. The number of benzene rings is 2. The lowest BCUT2D eigenvalue weighted by Gasteiger charge is -2.17. The molecule has 5 nitrogen and oxygen atoms in total. The number of hydrogen-bond donors (Lipinski definition) is 0. The minimum atomic E-state index is 0.101. The van der Waals surface area contributed by atoms with Crippen molar-refractivity contribution in [1.29, 1.82) is 0 Å². The van der Waals surface area contributed by atoms with Crippen molar-refractivity contribution in [2.24, 2.45) is 4.99 Å². The predicted molar refractivity (Wildman–Crippen MR) is 110 cm³/mol. The van der Waals surface area contributed by atoms with Gasteiger partial charge in [0.05, 0.1) is 25.7 Å². The third kappa shape index (κ3) is 4.63. The van der Waals surface area contributed by atoms with Crippen LogP contribution in [0.25, 0.3) is 0 Å². The van der Waals surface area contributed by atoms with Crippen molar-refractivity contribution in [3.8, 4) is 11.5 Å². The fourth-order valence-corrected chi connectivity index (χ4v) is 4.03. The number of carbonyl (C=O) groups excluding carboxylic acids is 1. The first kappa shape index (κ1) is 19.3. The zero-order valence-corrected chi connectivity index (χ0v) is 16.9. The van der Waals surface area contributed by atoms with E-state index in [-0.39, 0.29) is 5.91 Å². The minimum absolute atomic E-state index is 0.101. The SMILES string of the molecule is COc1ccc(CCN2C(=O)CSC2=Nc2cc(C)cc(C)c2)cc1OC. The molecule has 1 heterocycles. The van der Waals surface area contributed by atoms with E-state index in [2.05, 4.69) is 19.9 Å². The van der Waals surface area contributed by atoms with Crippen LogP contribution in [0.5, 0.6) is 11.5 Å². The Morgan fingerprint density at radius 3 is 2.41 bits per heavy atom. The second-order valence-electron chi connectivity index (χ2n) is 6.51. The third-order valence-electron chi connectivity index (χ3n) is 4.36. The van der Waals surface area contributed by atoms with Crippen molar-refractivity contribution < 1.29 is 14.3 Å². The topological polar surface area (TPSA) is 51.1 Å². The summed E-state index contributed by atoms with van der Waals surface area (Å²) in [6.07, 6.45) is 0.721. The Morgan fingerprint density at radius 2 is 1.74 bits per heavy atom. The predicted octanol–water partition coefficient (Wildman–Crippen LogP) is 4.13. The molecule has 2 aromatic carbocycles. The molecule has 1 fully saturated rings. The van der Waals surface area contributed by atoms with E-state index in [9.17, 15) is 4.79 Å². The summed E-state index contributed by atoms with van der Waals surface area (Å²) in [5.74, 6) is 1.94. The number of rotatable bonds is 6. The Bertz CT molecular complexity index is 859. The zero-order chi connectivity index (χ0) is 19.4. The van der Waals surface area contributed by atoms with Crippen LogP contribution < -0.4 is 9.47 Å². The van der Waals surface area contributed by atoms with Crippen molar-refractivity contribution in [3.05, 3.63) is 53.1 Å². The largest absolute Gasteiger partial charge is 0.493 e. The molecule has 0 atom stereocenters. The van der Waals surface area contributed by atoms with E-state index in [0.717, 1.165) is 22.8 Å². The van der Waals surface area contributed by atoms with E-state index >= 15 is 0 Å². The summed E-state index contributed by atoms with van der Waals surface area (Å²) in [6.45, 7) is 4.70. The third-order valence-corrected chi connectivity index (χ3v) is 5.32. The van der Waals surface area contributed by atoms with Crippen LogP contribution in [0, 0.1) is 13.8 Å². The van der Waals surface area contributed by atoms with Crippen molar-refractivity contribution in [3.63, 3.8) is 0 Å². The van der Waals surface area contributed by atoms with E-state index < -0.39 is 0 Å². The molecule has 1 aliphatic rings. The van der Waals surface area contributed by atoms with E-state index in [0.29, 0.717) is 23.8 Å². The Morgan fingerprint density at radius 1 is 1.04 bits per heavy atom. The number of amidine groups is 1. The molecule has 1 aliphatic heterocycles. The lowest BCUT2D eigenvalue weighted by molar-refractivity contribution is -0.124. The first-order chi connectivity index (χ1) is 13.0. The van der Waals surface area contributed by atoms with E-state index in [1.165, 1.54) is 22.9 Å². The number of methoxy groups -OCH3 is 2. The highest BCUT2D eigenvalue weighted by Crippen LogP contribution is 2.29. The Balaban J connectivity index is 1.76. The number of carbonyl (C=O) groups is 1. The zero-order valence-electron chi connectivity index (χ0n) is 16.1. The number of hydrogen-bond acceptors (Lipinski definition) is 5. The van der Waals surface area contributed by atoms with Gasteiger partial charge in [0.1, 0.15) is 0 Å². The minimum Gasteiger partial charge on any atom is -0.493 e. The summed E-state index contributed by atoms with van der Waals surface area (Å²) in [4.78, 5) is 18.8. The van der Waals surface area contributed by atoms with E-state index in [4.69, 9.17) is 14.5 Å². The van der Waals surface area contributed by atoms with Crippen LogP contribution in [0.4, 0.5) is 5.69 Å². The maximum atomic E-state index is 12.3. The fraction of sp³-hybridized carbons (Fsp3) is 0.333. The summed E-state index contributed by atoms with van der Waals surface area (Å²) in [5, 5.41) is 0.769. The smallest absolute Gasteiger partial charge is 0.239 e. The summed E-state index contributed by atoms with van der Waals surface area (Å²) >= 11 is 1.50. The van der Waals surface area contributed by atoms with Crippen LogP contribution in [0.15, 0.2) is 41.4 Å². The number of nitrogens with zero attached hydrogens (tertiary/aromatic N) is 2. The van der Waals surface area contributed by atoms with Crippen LogP contribution in [0.2, 0.25) is 0 Å². The molecule has 0 saturated carbocycles. The second kappa shape index (κ2) is 8.48. The molecular weight excluding hydrogens is 360 g/mol. The molecule has 0 bridgehead atoms. The van der Waals surface area contributed by atoms with E-state index in [1.54, 1.807) is 19.1 Å². The molecule has 0 radical (unpaired) electrons. The van der Waals surface area contributed by atoms with Gasteiger partial charge in [0, 0.05) is 6.54 Å². The molecule has 2 aromatic rings. The van der Waals surface area contributed by atoms with Crippen molar-refractivity contribution in [1.82, 2.24) is 4.90 Å². The Labute approximate surface area is 164 Å². The first-order valence-electron chi connectivity index (χ1n) is 8.81. The molecule has 142 valence electrons. The maximum Gasteiger partial charge on any atom is 0.239 e.